The average molecular weight is 213 g/mol. The van der Waals surface area contributed by atoms with Gasteiger partial charge in [-0.3, -0.25) is 5.10 Å². The van der Waals surface area contributed by atoms with Crippen molar-refractivity contribution < 1.29 is 4.39 Å². The summed E-state index contributed by atoms with van der Waals surface area (Å²) < 4.78 is 13.2. The second-order valence-electron chi connectivity index (χ2n) is 3.13. The third-order valence-electron chi connectivity index (χ3n) is 2.17. The number of H-pyrrole nitrogens is 1. The standard InChI is InChI=1S/C10H10ClFN2/c11-6-2-5-9-7-3-1-4-8(12)10(7)14-13-9/h1,3-4H,2,5-6H2,(H,13,14). The smallest absolute Gasteiger partial charge is 0.148 e. The molecule has 1 aromatic carbocycles. The SMILES string of the molecule is Fc1cccc2c(CCCCl)n[nH]c12. The van der Waals surface area contributed by atoms with E-state index in [1.165, 1.54) is 6.07 Å². The van der Waals surface area contributed by atoms with E-state index in [0.29, 0.717) is 11.4 Å². The maximum Gasteiger partial charge on any atom is 0.148 e. The largest absolute Gasteiger partial charge is 0.275 e. The number of rotatable bonds is 3. The molecule has 1 heterocycles. The zero-order valence-corrected chi connectivity index (χ0v) is 8.31. The van der Waals surface area contributed by atoms with Gasteiger partial charge in [0.25, 0.3) is 0 Å². The Morgan fingerprint density at radius 3 is 3.07 bits per heavy atom. The van der Waals surface area contributed by atoms with Crippen LogP contribution in [0.15, 0.2) is 18.2 Å². The number of aromatic amines is 1. The number of aromatic nitrogens is 2. The number of fused-ring (bicyclic) bond motifs is 1. The highest BCUT2D eigenvalue weighted by Crippen LogP contribution is 2.19. The number of nitrogens with zero attached hydrogens (tertiary/aromatic N) is 1. The maximum atomic E-state index is 13.2. The number of benzene rings is 1. The van der Waals surface area contributed by atoms with Crippen LogP contribution in [-0.2, 0) is 6.42 Å². The van der Waals surface area contributed by atoms with Crippen LogP contribution in [0.5, 0.6) is 0 Å². The van der Waals surface area contributed by atoms with Crippen LogP contribution in [0.2, 0.25) is 0 Å². The molecule has 14 heavy (non-hydrogen) atoms. The third kappa shape index (κ3) is 1.60. The van der Waals surface area contributed by atoms with Crippen molar-refractivity contribution in [3.8, 4) is 0 Å². The number of hydrogen-bond donors (Lipinski definition) is 1. The van der Waals surface area contributed by atoms with Crippen LogP contribution < -0.4 is 0 Å². The molecule has 1 aromatic heterocycles. The van der Waals surface area contributed by atoms with E-state index in [1.54, 1.807) is 6.07 Å². The summed E-state index contributed by atoms with van der Waals surface area (Å²) in [6, 6.07) is 4.98. The summed E-state index contributed by atoms with van der Waals surface area (Å²) in [6.45, 7) is 0. The first-order chi connectivity index (χ1) is 6.83. The Kier molecular flexibility index (Phi) is 2.68. The van der Waals surface area contributed by atoms with Crippen LogP contribution in [0.1, 0.15) is 12.1 Å². The number of halogens is 2. The number of nitrogens with one attached hydrogen (secondary N) is 1. The van der Waals surface area contributed by atoms with E-state index in [2.05, 4.69) is 10.2 Å². The molecule has 0 fully saturated rings. The van der Waals surface area contributed by atoms with Gasteiger partial charge in [-0.1, -0.05) is 12.1 Å². The molecule has 2 rings (SSSR count). The molecule has 0 bridgehead atoms. The zero-order valence-electron chi connectivity index (χ0n) is 7.56. The number of aryl methyl sites for hydroxylation is 1. The minimum Gasteiger partial charge on any atom is -0.275 e. The van der Waals surface area contributed by atoms with Gasteiger partial charge in [0.1, 0.15) is 11.3 Å². The van der Waals surface area contributed by atoms with Gasteiger partial charge in [0, 0.05) is 11.3 Å². The van der Waals surface area contributed by atoms with E-state index in [1.807, 2.05) is 6.07 Å². The molecule has 4 heteroatoms. The molecule has 74 valence electrons. The van der Waals surface area contributed by atoms with E-state index >= 15 is 0 Å². The van der Waals surface area contributed by atoms with Crippen molar-refractivity contribution in [1.82, 2.24) is 10.2 Å². The predicted octanol–water partition coefficient (Wildman–Crippen LogP) is 2.87. The third-order valence-corrected chi connectivity index (χ3v) is 2.44. The zero-order chi connectivity index (χ0) is 9.97. The lowest BCUT2D eigenvalue weighted by Gasteiger charge is -1.94. The van der Waals surface area contributed by atoms with Crippen LogP contribution in [0.4, 0.5) is 4.39 Å². The Morgan fingerprint density at radius 2 is 2.29 bits per heavy atom. The highest BCUT2D eigenvalue weighted by molar-refractivity contribution is 6.17. The molecular weight excluding hydrogens is 203 g/mol. The summed E-state index contributed by atoms with van der Waals surface area (Å²) in [5.74, 6) is 0.344. The van der Waals surface area contributed by atoms with Gasteiger partial charge >= 0.3 is 0 Å². The number of hydrogen-bond acceptors (Lipinski definition) is 1. The van der Waals surface area contributed by atoms with E-state index < -0.39 is 0 Å². The van der Waals surface area contributed by atoms with Crippen molar-refractivity contribution in [1.29, 1.82) is 0 Å². The van der Waals surface area contributed by atoms with Crippen molar-refractivity contribution in [3.63, 3.8) is 0 Å². The molecule has 0 saturated carbocycles. The van der Waals surface area contributed by atoms with Gasteiger partial charge in [-0.15, -0.1) is 11.6 Å². The van der Waals surface area contributed by atoms with Crippen molar-refractivity contribution in [2.24, 2.45) is 0 Å². The quantitative estimate of drug-likeness (QED) is 0.779. The van der Waals surface area contributed by atoms with Crippen molar-refractivity contribution in [2.45, 2.75) is 12.8 Å². The summed E-state index contributed by atoms with van der Waals surface area (Å²) in [7, 11) is 0. The monoisotopic (exact) mass is 212 g/mol. The van der Waals surface area contributed by atoms with Crippen molar-refractivity contribution in [3.05, 3.63) is 29.7 Å². The van der Waals surface area contributed by atoms with Crippen LogP contribution in [0.25, 0.3) is 10.9 Å². The van der Waals surface area contributed by atoms with Crippen molar-refractivity contribution >= 4 is 22.5 Å². The first-order valence-electron chi connectivity index (χ1n) is 4.50. The minimum absolute atomic E-state index is 0.257. The van der Waals surface area contributed by atoms with Crippen LogP contribution in [0.3, 0.4) is 0 Å². The Morgan fingerprint density at radius 1 is 1.43 bits per heavy atom. The number of para-hydroxylation sites is 1. The van der Waals surface area contributed by atoms with Crippen LogP contribution in [-0.4, -0.2) is 16.1 Å². The molecule has 0 spiro atoms. The first-order valence-corrected chi connectivity index (χ1v) is 5.04. The predicted molar refractivity (Wildman–Crippen MR) is 55.1 cm³/mol. The van der Waals surface area contributed by atoms with E-state index in [-0.39, 0.29) is 5.82 Å². The van der Waals surface area contributed by atoms with Gasteiger partial charge in [0.05, 0.1) is 5.69 Å². The van der Waals surface area contributed by atoms with Gasteiger partial charge in [-0.05, 0) is 18.9 Å². The summed E-state index contributed by atoms with van der Waals surface area (Å²) in [5, 5.41) is 7.62. The van der Waals surface area contributed by atoms with Gasteiger partial charge < -0.3 is 0 Å². The van der Waals surface area contributed by atoms with E-state index in [0.717, 1.165) is 23.9 Å². The second kappa shape index (κ2) is 3.96. The van der Waals surface area contributed by atoms with Crippen molar-refractivity contribution in [2.75, 3.05) is 5.88 Å². The molecule has 0 aliphatic heterocycles. The molecule has 2 nitrogen and oxygen atoms in total. The highest BCUT2D eigenvalue weighted by Gasteiger charge is 2.07. The molecule has 0 saturated heterocycles. The van der Waals surface area contributed by atoms with E-state index in [4.69, 9.17) is 11.6 Å². The Bertz CT molecular complexity index is 439. The van der Waals surface area contributed by atoms with Gasteiger partial charge in [0.2, 0.25) is 0 Å². The highest BCUT2D eigenvalue weighted by atomic mass is 35.5. The first kappa shape index (κ1) is 9.46. The van der Waals surface area contributed by atoms with Gasteiger partial charge in [-0.2, -0.15) is 5.10 Å². The van der Waals surface area contributed by atoms with Crippen LogP contribution in [0, 0.1) is 5.82 Å². The number of alkyl halides is 1. The summed E-state index contributed by atoms with van der Waals surface area (Å²) >= 11 is 5.59. The lowest BCUT2D eigenvalue weighted by molar-refractivity contribution is 0.636. The maximum absolute atomic E-state index is 13.2. The molecular formula is C10H10ClFN2. The molecule has 0 aliphatic rings. The lowest BCUT2D eigenvalue weighted by Crippen LogP contribution is -1.87. The fourth-order valence-electron chi connectivity index (χ4n) is 1.49. The summed E-state index contributed by atoms with van der Waals surface area (Å²) in [5.41, 5.74) is 1.37. The fourth-order valence-corrected chi connectivity index (χ4v) is 1.62. The molecule has 0 aliphatic carbocycles. The topological polar surface area (TPSA) is 28.7 Å². The Labute approximate surface area is 86.1 Å². The normalized spacial score (nSPS) is 11.0. The molecule has 0 amide bonds. The van der Waals surface area contributed by atoms with Gasteiger partial charge in [-0.25, -0.2) is 4.39 Å². The Balaban J connectivity index is 2.42. The minimum atomic E-state index is -0.257. The molecule has 2 aromatic rings. The second-order valence-corrected chi connectivity index (χ2v) is 3.50. The van der Waals surface area contributed by atoms with E-state index in [9.17, 15) is 4.39 Å². The molecule has 0 unspecified atom stereocenters. The Hall–Kier alpha value is -1.09. The summed E-state index contributed by atoms with van der Waals surface area (Å²) in [4.78, 5) is 0. The molecule has 0 radical (unpaired) electrons. The lowest BCUT2D eigenvalue weighted by atomic mass is 10.1. The molecule has 1 N–H and O–H groups in total. The summed E-state index contributed by atoms with van der Waals surface area (Å²) in [6.07, 6.45) is 1.64. The van der Waals surface area contributed by atoms with Crippen LogP contribution >= 0.6 is 11.6 Å². The molecule has 0 atom stereocenters. The van der Waals surface area contributed by atoms with Gasteiger partial charge in [0.15, 0.2) is 0 Å². The fraction of sp³-hybridized carbons (Fsp3) is 0.300. The average Bonchev–Trinajstić information content (AvgIpc) is 2.60.